The number of nitrogens with zero attached hydrogens (tertiary/aromatic N) is 3. The fraction of sp³-hybridized carbons (Fsp3) is 0.391. The van der Waals surface area contributed by atoms with Crippen molar-refractivity contribution in [1.82, 2.24) is 9.88 Å². The zero-order valence-electron chi connectivity index (χ0n) is 17.7. The van der Waals surface area contributed by atoms with E-state index < -0.39 is 0 Å². The number of carbonyl (C=O) groups excluding carboxylic acids is 1. The molecule has 6 nitrogen and oxygen atoms in total. The van der Waals surface area contributed by atoms with Crippen molar-refractivity contribution >= 4 is 32.6 Å². The van der Waals surface area contributed by atoms with E-state index in [2.05, 4.69) is 11.8 Å². The van der Waals surface area contributed by atoms with E-state index in [1.54, 1.807) is 18.4 Å². The Bertz CT molecular complexity index is 1040. The highest BCUT2D eigenvalue weighted by molar-refractivity contribution is 7.22. The predicted octanol–water partition coefficient (Wildman–Crippen LogP) is 3.90. The first-order valence-corrected chi connectivity index (χ1v) is 11.0. The Morgan fingerprint density at radius 2 is 2.03 bits per heavy atom. The number of aromatic nitrogens is 1. The minimum Gasteiger partial charge on any atom is -0.494 e. The lowest BCUT2D eigenvalue weighted by molar-refractivity contribution is 0.0391. The molecule has 1 saturated heterocycles. The van der Waals surface area contributed by atoms with Gasteiger partial charge in [-0.1, -0.05) is 35.1 Å². The van der Waals surface area contributed by atoms with Crippen LogP contribution in [-0.4, -0.2) is 62.3 Å². The summed E-state index contributed by atoms with van der Waals surface area (Å²) in [5, 5.41) is 0.706. The van der Waals surface area contributed by atoms with Crippen LogP contribution in [-0.2, 0) is 4.74 Å². The summed E-state index contributed by atoms with van der Waals surface area (Å²) in [7, 11) is 1.65. The molecule has 1 aromatic heterocycles. The van der Waals surface area contributed by atoms with Crippen LogP contribution in [0.2, 0.25) is 0 Å². The summed E-state index contributed by atoms with van der Waals surface area (Å²) in [4.78, 5) is 22.5. The molecule has 1 aliphatic rings. The molecule has 0 saturated carbocycles. The Hall–Kier alpha value is -2.48. The molecule has 0 radical (unpaired) electrons. The third-order valence-electron chi connectivity index (χ3n) is 5.40. The van der Waals surface area contributed by atoms with Crippen LogP contribution in [0.5, 0.6) is 5.75 Å². The van der Waals surface area contributed by atoms with Crippen LogP contribution in [0.3, 0.4) is 0 Å². The third kappa shape index (κ3) is 4.33. The molecule has 2 aromatic carbocycles. The molecule has 3 aromatic rings. The number of anilines is 1. The average molecular weight is 426 g/mol. The molecule has 7 heteroatoms. The number of amides is 1. The van der Waals surface area contributed by atoms with Gasteiger partial charge >= 0.3 is 0 Å². The van der Waals surface area contributed by atoms with Gasteiger partial charge in [-0.3, -0.25) is 14.6 Å². The van der Waals surface area contributed by atoms with Crippen molar-refractivity contribution < 1.29 is 14.3 Å². The SMILES string of the molecule is COc1ccc(C)c2sc(N(CCN3CCOCC3)C(=O)c3cccc(C)c3)nc12. The number of aryl methyl sites for hydroxylation is 2. The predicted molar refractivity (Wildman–Crippen MR) is 121 cm³/mol. The summed E-state index contributed by atoms with van der Waals surface area (Å²) < 4.78 is 12.0. The van der Waals surface area contributed by atoms with E-state index in [0.29, 0.717) is 17.2 Å². The second kappa shape index (κ2) is 9.12. The first kappa shape index (κ1) is 20.8. The van der Waals surface area contributed by atoms with Gasteiger partial charge in [0.25, 0.3) is 5.91 Å². The highest BCUT2D eigenvalue weighted by atomic mass is 32.1. The van der Waals surface area contributed by atoms with Crippen molar-refractivity contribution in [3.63, 3.8) is 0 Å². The maximum absolute atomic E-state index is 13.5. The number of hydrogen-bond donors (Lipinski definition) is 0. The lowest BCUT2D eigenvalue weighted by Gasteiger charge is -2.29. The van der Waals surface area contributed by atoms with Crippen LogP contribution in [0.1, 0.15) is 21.5 Å². The molecule has 0 atom stereocenters. The molecule has 0 unspecified atom stereocenters. The Balaban J connectivity index is 1.69. The summed E-state index contributed by atoms with van der Waals surface area (Å²) in [6.45, 7) is 8.68. The number of thiazole rings is 1. The van der Waals surface area contributed by atoms with Crippen molar-refractivity contribution in [3.05, 3.63) is 53.1 Å². The molecule has 158 valence electrons. The number of ether oxygens (including phenoxy) is 2. The topological polar surface area (TPSA) is 54.9 Å². The summed E-state index contributed by atoms with van der Waals surface area (Å²) in [5.41, 5.74) is 3.69. The fourth-order valence-electron chi connectivity index (χ4n) is 3.66. The molecule has 0 bridgehead atoms. The number of morpholine rings is 1. The molecule has 1 aliphatic heterocycles. The second-order valence-electron chi connectivity index (χ2n) is 7.54. The first-order chi connectivity index (χ1) is 14.6. The second-order valence-corrected chi connectivity index (χ2v) is 8.52. The van der Waals surface area contributed by atoms with E-state index in [4.69, 9.17) is 14.5 Å². The molecule has 2 heterocycles. The van der Waals surface area contributed by atoms with Gasteiger partial charge in [-0.25, -0.2) is 4.98 Å². The fourth-order valence-corrected chi connectivity index (χ4v) is 4.74. The van der Waals surface area contributed by atoms with Gasteiger partial charge in [0.1, 0.15) is 11.3 Å². The molecular weight excluding hydrogens is 398 g/mol. The Morgan fingerprint density at radius 1 is 1.23 bits per heavy atom. The largest absolute Gasteiger partial charge is 0.494 e. The van der Waals surface area contributed by atoms with E-state index in [-0.39, 0.29) is 5.91 Å². The summed E-state index contributed by atoms with van der Waals surface area (Å²) >= 11 is 1.55. The van der Waals surface area contributed by atoms with E-state index in [9.17, 15) is 4.79 Å². The normalized spacial score (nSPS) is 14.8. The number of benzene rings is 2. The minimum absolute atomic E-state index is 0.0253. The molecule has 1 fully saturated rings. The van der Waals surface area contributed by atoms with Crippen molar-refractivity contribution in [2.75, 3.05) is 51.4 Å². The highest BCUT2D eigenvalue weighted by Gasteiger charge is 2.24. The van der Waals surface area contributed by atoms with Gasteiger partial charge in [-0.05, 0) is 37.6 Å². The number of fused-ring (bicyclic) bond motifs is 1. The summed E-state index contributed by atoms with van der Waals surface area (Å²) in [6, 6.07) is 11.7. The van der Waals surface area contributed by atoms with Gasteiger partial charge in [0.15, 0.2) is 5.13 Å². The van der Waals surface area contributed by atoms with Gasteiger partial charge in [0.2, 0.25) is 0 Å². The number of carbonyl (C=O) groups is 1. The average Bonchev–Trinajstić information content (AvgIpc) is 3.21. The zero-order chi connectivity index (χ0) is 21.1. The highest BCUT2D eigenvalue weighted by Crippen LogP contribution is 2.36. The number of hydrogen-bond acceptors (Lipinski definition) is 6. The van der Waals surface area contributed by atoms with Gasteiger partial charge in [0, 0.05) is 31.7 Å². The van der Waals surface area contributed by atoms with Crippen molar-refractivity contribution in [2.45, 2.75) is 13.8 Å². The smallest absolute Gasteiger partial charge is 0.260 e. The van der Waals surface area contributed by atoms with Gasteiger partial charge < -0.3 is 9.47 Å². The van der Waals surface area contributed by atoms with Crippen LogP contribution >= 0.6 is 11.3 Å². The van der Waals surface area contributed by atoms with Crippen LogP contribution < -0.4 is 9.64 Å². The molecule has 0 aliphatic carbocycles. The van der Waals surface area contributed by atoms with E-state index in [1.807, 2.05) is 48.2 Å². The quantitative estimate of drug-likeness (QED) is 0.600. The molecule has 0 N–H and O–H groups in total. The lowest BCUT2D eigenvalue weighted by atomic mass is 10.1. The van der Waals surface area contributed by atoms with E-state index >= 15 is 0 Å². The molecular formula is C23H27N3O3S. The van der Waals surface area contributed by atoms with Gasteiger partial charge in [-0.2, -0.15) is 0 Å². The van der Waals surface area contributed by atoms with Gasteiger partial charge in [-0.15, -0.1) is 0 Å². The minimum atomic E-state index is -0.0253. The molecule has 4 rings (SSSR count). The maximum Gasteiger partial charge on any atom is 0.260 e. The third-order valence-corrected chi connectivity index (χ3v) is 6.61. The standard InChI is InChI=1S/C23H27N3O3S/c1-16-5-4-6-18(15-16)22(27)26(10-9-25-11-13-29-14-12-25)23-24-20-19(28-3)8-7-17(2)21(20)30-23/h4-8,15H,9-14H2,1-3H3. The Kier molecular flexibility index (Phi) is 6.32. The van der Waals surface area contributed by atoms with Crippen molar-refractivity contribution in [1.29, 1.82) is 0 Å². The van der Waals surface area contributed by atoms with E-state index in [0.717, 1.165) is 59.9 Å². The number of rotatable bonds is 6. The van der Waals surface area contributed by atoms with Crippen LogP contribution in [0.25, 0.3) is 10.2 Å². The number of methoxy groups -OCH3 is 1. The van der Waals surface area contributed by atoms with E-state index in [1.165, 1.54) is 0 Å². The monoisotopic (exact) mass is 425 g/mol. The lowest BCUT2D eigenvalue weighted by Crippen LogP contribution is -2.43. The van der Waals surface area contributed by atoms with Gasteiger partial charge in [0.05, 0.1) is 25.0 Å². The Labute approximate surface area is 181 Å². The molecule has 0 spiro atoms. The van der Waals surface area contributed by atoms with Crippen LogP contribution in [0.15, 0.2) is 36.4 Å². The Morgan fingerprint density at radius 3 is 2.77 bits per heavy atom. The summed E-state index contributed by atoms with van der Waals surface area (Å²) in [5.74, 6) is 0.705. The molecule has 1 amide bonds. The van der Waals surface area contributed by atoms with Crippen molar-refractivity contribution in [2.24, 2.45) is 0 Å². The zero-order valence-corrected chi connectivity index (χ0v) is 18.5. The summed E-state index contributed by atoms with van der Waals surface area (Å²) in [6.07, 6.45) is 0. The first-order valence-electron chi connectivity index (χ1n) is 10.2. The van der Waals surface area contributed by atoms with Crippen LogP contribution in [0.4, 0.5) is 5.13 Å². The molecule has 30 heavy (non-hydrogen) atoms. The van der Waals surface area contributed by atoms with Crippen molar-refractivity contribution in [3.8, 4) is 5.75 Å². The van der Waals surface area contributed by atoms with Crippen LogP contribution in [0, 0.1) is 13.8 Å². The maximum atomic E-state index is 13.5.